The van der Waals surface area contributed by atoms with Gasteiger partial charge in [-0.2, -0.15) is 0 Å². The van der Waals surface area contributed by atoms with Crippen LogP contribution in [0.3, 0.4) is 0 Å². The second-order valence-electron chi connectivity index (χ2n) is 4.83. The fourth-order valence-corrected chi connectivity index (χ4v) is 1.80. The molecule has 18 heavy (non-hydrogen) atoms. The molecule has 1 aliphatic rings. The summed E-state index contributed by atoms with van der Waals surface area (Å²) in [7, 11) is 0. The number of carbonyl (C=O) groups excluding carboxylic acids is 1. The average Bonchev–Trinajstić information content (AvgIpc) is 2.80. The molecule has 1 rings (SSSR count). The van der Waals surface area contributed by atoms with Crippen LogP contribution < -0.4 is 10.6 Å². The van der Waals surface area contributed by atoms with Gasteiger partial charge in [0, 0.05) is 25.8 Å². The number of nitrogens with one attached hydrogen (secondary N) is 2. The van der Waals surface area contributed by atoms with Crippen LogP contribution in [0.25, 0.3) is 0 Å². The van der Waals surface area contributed by atoms with E-state index >= 15 is 0 Å². The third kappa shape index (κ3) is 4.91. The molecular weight excluding hydrogens is 236 g/mol. The SMILES string of the molecule is CC(NC(=O)NCCC1CCOC1)C(C)C(=O)O. The molecule has 1 heterocycles. The maximum absolute atomic E-state index is 11.5. The number of hydrogen-bond donors (Lipinski definition) is 3. The second-order valence-corrected chi connectivity index (χ2v) is 4.83. The molecule has 6 nitrogen and oxygen atoms in total. The molecule has 2 amide bonds. The van der Waals surface area contributed by atoms with Gasteiger partial charge in [0.05, 0.1) is 5.92 Å². The van der Waals surface area contributed by atoms with Crippen molar-refractivity contribution >= 4 is 12.0 Å². The van der Waals surface area contributed by atoms with Crippen molar-refractivity contribution < 1.29 is 19.4 Å². The predicted octanol–water partition coefficient (Wildman–Crippen LogP) is 0.821. The Kier molecular flexibility index (Phi) is 5.91. The fraction of sp³-hybridized carbons (Fsp3) is 0.833. The van der Waals surface area contributed by atoms with Crippen molar-refractivity contribution in [3.8, 4) is 0 Å². The summed E-state index contributed by atoms with van der Waals surface area (Å²) in [6, 6.07) is -0.702. The molecule has 3 N–H and O–H groups in total. The van der Waals surface area contributed by atoms with Gasteiger partial charge < -0.3 is 20.5 Å². The average molecular weight is 258 g/mol. The van der Waals surface area contributed by atoms with E-state index in [4.69, 9.17) is 9.84 Å². The highest BCUT2D eigenvalue weighted by atomic mass is 16.5. The predicted molar refractivity (Wildman–Crippen MR) is 66.3 cm³/mol. The van der Waals surface area contributed by atoms with E-state index in [2.05, 4.69) is 10.6 Å². The Morgan fingerprint density at radius 2 is 2.17 bits per heavy atom. The van der Waals surface area contributed by atoms with Crippen LogP contribution in [0.2, 0.25) is 0 Å². The van der Waals surface area contributed by atoms with E-state index in [0.29, 0.717) is 12.5 Å². The van der Waals surface area contributed by atoms with Crippen molar-refractivity contribution in [1.82, 2.24) is 10.6 Å². The van der Waals surface area contributed by atoms with Crippen LogP contribution in [0.1, 0.15) is 26.7 Å². The third-order valence-corrected chi connectivity index (χ3v) is 3.36. The first kappa shape index (κ1) is 14.8. The third-order valence-electron chi connectivity index (χ3n) is 3.36. The van der Waals surface area contributed by atoms with Gasteiger partial charge in [0.25, 0.3) is 0 Å². The van der Waals surface area contributed by atoms with Crippen LogP contribution in [-0.2, 0) is 9.53 Å². The van der Waals surface area contributed by atoms with Crippen LogP contribution in [0.15, 0.2) is 0 Å². The lowest BCUT2D eigenvalue weighted by Gasteiger charge is -2.18. The first-order valence-corrected chi connectivity index (χ1v) is 6.35. The zero-order valence-corrected chi connectivity index (χ0v) is 10.9. The van der Waals surface area contributed by atoms with Crippen molar-refractivity contribution in [3.05, 3.63) is 0 Å². The molecule has 0 radical (unpaired) electrons. The lowest BCUT2D eigenvalue weighted by Crippen LogP contribution is -2.45. The fourth-order valence-electron chi connectivity index (χ4n) is 1.80. The Morgan fingerprint density at radius 1 is 1.44 bits per heavy atom. The van der Waals surface area contributed by atoms with Crippen LogP contribution in [0, 0.1) is 11.8 Å². The molecule has 0 aliphatic carbocycles. The van der Waals surface area contributed by atoms with Crippen molar-refractivity contribution in [3.63, 3.8) is 0 Å². The van der Waals surface area contributed by atoms with Gasteiger partial charge in [-0.15, -0.1) is 0 Å². The quantitative estimate of drug-likeness (QED) is 0.658. The Balaban J connectivity index is 2.14. The smallest absolute Gasteiger partial charge is 0.315 e. The van der Waals surface area contributed by atoms with Gasteiger partial charge in [-0.25, -0.2) is 4.79 Å². The molecule has 0 saturated carbocycles. The number of carboxylic acid groups (broad SMARTS) is 1. The van der Waals surface area contributed by atoms with E-state index in [0.717, 1.165) is 26.1 Å². The monoisotopic (exact) mass is 258 g/mol. The summed E-state index contributed by atoms with van der Waals surface area (Å²) in [6.07, 6.45) is 1.95. The largest absolute Gasteiger partial charge is 0.481 e. The first-order valence-electron chi connectivity index (χ1n) is 6.35. The molecular formula is C12H22N2O4. The number of rotatable bonds is 6. The van der Waals surface area contributed by atoms with E-state index in [1.165, 1.54) is 0 Å². The van der Waals surface area contributed by atoms with Crippen LogP contribution in [0.4, 0.5) is 4.79 Å². The number of hydrogen-bond acceptors (Lipinski definition) is 3. The molecule has 0 aromatic heterocycles. The topological polar surface area (TPSA) is 87.7 Å². The number of carboxylic acids is 1. The van der Waals surface area contributed by atoms with E-state index in [1.807, 2.05) is 0 Å². The van der Waals surface area contributed by atoms with Gasteiger partial charge in [-0.05, 0) is 32.6 Å². The highest BCUT2D eigenvalue weighted by Gasteiger charge is 2.21. The van der Waals surface area contributed by atoms with Crippen LogP contribution >= 0.6 is 0 Å². The summed E-state index contributed by atoms with van der Waals surface area (Å²) in [5.41, 5.74) is 0. The van der Waals surface area contributed by atoms with Crippen LogP contribution in [-0.4, -0.2) is 42.9 Å². The van der Waals surface area contributed by atoms with Crippen molar-refractivity contribution in [2.45, 2.75) is 32.7 Å². The molecule has 0 aromatic carbocycles. The van der Waals surface area contributed by atoms with E-state index < -0.39 is 17.9 Å². The Bertz CT molecular complexity index is 290. The van der Waals surface area contributed by atoms with Gasteiger partial charge >= 0.3 is 12.0 Å². The molecule has 1 fully saturated rings. The summed E-state index contributed by atoms with van der Waals surface area (Å²) in [4.78, 5) is 22.2. The van der Waals surface area contributed by atoms with Gasteiger partial charge in [0.15, 0.2) is 0 Å². The van der Waals surface area contributed by atoms with E-state index in [-0.39, 0.29) is 6.03 Å². The zero-order chi connectivity index (χ0) is 13.5. The molecule has 6 heteroatoms. The van der Waals surface area contributed by atoms with Gasteiger partial charge in [0.2, 0.25) is 0 Å². The second kappa shape index (κ2) is 7.20. The van der Waals surface area contributed by atoms with Gasteiger partial charge in [-0.3, -0.25) is 4.79 Å². The Morgan fingerprint density at radius 3 is 2.72 bits per heavy atom. The summed E-state index contributed by atoms with van der Waals surface area (Å²) in [6.45, 7) is 5.43. The minimum absolute atomic E-state index is 0.311. The standard InChI is InChI=1S/C12H22N2O4/c1-8(11(15)16)9(2)14-12(17)13-5-3-10-4-6-18-7-10/h8-10H,3-7H2,1-2H3,(H,15,16)(H2,13,14,17). The molecule has 104 valence electrons. The summed E-state index contributed by atoms with van der Waals surface area (Å²) in [5.74, 6) is -0.981. The molecule has 3 atom stereocenters. The number of carbonyl (C=O) groups is 2. The van der Waals surface area contributed by atoms with Crippen LogP contribution in [0.5, 0.6) is 0 Å². The summed E-state index contributed by atoms with van der Waals surface area (Å²) < 4.78 is 5.24. The lowest BCUT2D eigenvalue weighted by atomic mass is 10.0. The maximum Gasteiger partial charge on any atom is 0.315 e. The molecule has 0 bridgehead atoms. The molecule has 0 spiro atoms. The summed E-state index contributed by atoms with van der Waals surface area (Å²) in [5, 5.41) is 14.2. The van der Waals surface area contributed by atoms with Gasteiger partial charge in [0.1, 0.15) is 0 Å². The highest BCUT2D eigenvalue weighted by molar-refractivity contribution is 5.76. The summed E-state index contributed by atoms with van der Waals surface area (Å²) >= 11 is 0. The van der Waals surface area contributed by atoms with Crippen molar-refractivity contribution in [2.24, 2.45) is 11.8 Å². The highest BCUT2D eigenvalue weighted by Crippen LogP contribution is 2.15. The molecule has 3 unspecified atom stereocenters. The minimum Gasteiger partial charge on any atom is -0.481 e. The number of urea groups is 1. The molecule has 1 saturated heterocycles. The van der Waals surface area contributed by atoms with E-state index in [1.54, 1.807) is 13.8 Å². The van der Waals surface area contributed by atoms with E-state index in [9.17, 15) is 9.59 Å². The number of amides is 2. The number of ether oxygens (including phenoxy) is 1. The molecule has 0 aromatic rings. The lowest BCUT2D eigenvalue weighted by molar-refractivity contribution is -0.141. The van der Waals surface area contributed by atoms with Crippen molar-refractivity contribution in [2.75, 3.05) is 19.8 Å². The van der Waals surface area contributed by atoms with Crippen molar-refractivity contribution in [1.29, 1.82) is 0 Å². The zero-order valence-electron chi connectivity index (χ0n) is 10.9. The Hall–Kier alpha value is -1.30. The van der Waals surface area contributed by atoms with Gasteiger partial charge in [-0.1, -0.05) is 0 Å². The molecule has 1 aliphatic heterocycles. The maximum atomic E-state index is 11.5. The normalized spacial score (nSPS) is 22.2. The first-order chi connectivity index (χ1) is 8.50. The minimum atomic E-state index is -0.911. The number of aliphatic carboxylic acids is 1. The Labute approximate surface area is 107 Å².